The van der Waals surface area contributed by atoms with Crippen molar-refractivity contribution in [1.82, 2.24) is 0 Å². The molecular formula is C14H13NO3. The van der Waals surface area contributed by atoms with Crippen LogP contribution in [0.25, 0.3) is 0 Å². The standard InChI is InChI=1S/C14H13NO3/c1-8-7-11(16)18-13-9-5-3-4-6-10(9)15(2)14(17)12(8)13/h3-7,12-13H,1-2H3/t12-,13-/m0/s1. The second-order valence-corrected chi connectivity index (χ2v) is 4.68. The first-order chi connectivity index (χ1) is 8.59. The Morgan fingerprint density at radius 3 is 2.72 bits per heavy atom. The van der Waals surface area contributed by atoms with Crippen molar-refractivity contribution in [2.24, 2.45) is 5.92 Å². The van der Waals surface area contributed by atoms with Crippen LogP contribution in [-0.2, 0) is 14.3 Å². The van der Waals surface area contributed by atoms with Gasteiger partial charge in [0.25, 0.3) is 0 Å². The maximum atomic E-state index is 12.3. The van der Waals surface area contributed by atoms with Gasteiger partial charge in [0, 0.05) is 18.7 Å². The summed E-state index contributed by atoms with van der Waals surface area (Å²) >= 11 is 0. The SMILES string of the molecule is CC1=CC(=O)O[C@H]2c3ccccc3N(C)C(=O)[C@@H]12. The zero-order valence-electron chi connectivity index (χ0n) is 10.2. The van der Waals surface area contributed by atoms with Crippen molar-refractivity contribution >= 4 is 17.6 Å². The van der Waals surface area contributed by atoms with Gasteiger partial charge in [-0.1, -0.05) is 18.2 Å². The minimum Gasteiger partial charge on any atom is -0.453 e. The maximum absolute atomic E-state index is 12.3. The summed E-state index contributed by atoms with van der Waals surface area (Å²) in [5, 5.41) is 0. The van der Waals surface area contributed by atoms with Crippen LogP contribution in [0.15, 0.2) is 35.9 Å². The van der Waals surface area contributed by atoms with Crippen LogP contribution in [0.3, 0.4) is 0 Å². The molecule has 4 nitrogen and oxygen atoms in total. The highest BCUT2D eigenvalue weighted by Gasteiger charge is 2.44. The van der Waals surface area contributed by atoms with Crippen LogP contribution in [0.2, 0.25) is 0 Å². The van der Waals surface area contributed by atoms with Crippen molar-refractivity contribution in [2.45, 2.75) is 13.0 Å². The normalized spacial score (nSPS) is 26.1. The predicted octanol–water partition coefficient (Wildman–Crippen LogP) is 1.82. The molecule has 18 heavy (non-hydrogen) atoms. The number of carbonyl (C=O) groups is 2. The van der Waals surface area contributed by atoms with E-state index in [1.54, 1.807) is 18.9 Å². The molecule has 0 unspecified atom stereocenters. The van der Waals surface area contributed by atoms with Gasteiger partial charge < -0.3 is 9.64 Å². The first-order valence-corrected chi connectivity index (χ1v) is 5.85. The number of ether oxygens (including phenoxy) is 1. The minimum atomic E-state index is -0.484. The van der Waals surface area contributed by atoms with E-state index in [9.17, 15) is 9.59 Å². The molecule has 0 saturated heterocycles. The smallest absolute Gasteiger partial charge is 0.331 e. The van der Waals surface area contributed by atoms with Crippen molar-refractivity contribution < 1.29 is 14.3 Å². The molecule has 1 amide bonds. The van der Waals surface area contributed by atoms with Gasteiger partial charge >= 0.3 is 5.97 Å². The molecule has 2 aliphatic rings. The molecule has 3 rings (SSSR count). The molecule has 0 radical (unpaired) electrons. The van der Waals surface area contributed by atoms with Crippen LogP contribution in [-0.4, -0.2) is 18.9 Å². The fourth-order valence-electron chi connectivity index (χ4n) is 2.67. The fourth-order valence-corrected chi connectivity index (χ4v) is 2.67. The second kappa shape index (κ2) is 3.70. The van der Waals surface area contributed by atoms with E-state index in [1.165, 1.54) is 6.08 Å². The highest BCUT2D eigenvalue weighted by Crippen LogP contribution is 2.44. The lowest BCUT2D eigenvalue weighted by atomic mass is 9.82. The van der Waals surface area contributed by atoms with Crippen LogP contribution in [0, 0.1) is 5.92 Å². The van der Waals surface area contributed by atoms with Gasteiger partial charge in [0.2, 0.25) is 5.91 Å². The summed E-state index contributed by atoms with van der Waals surface area (Å²) < 4.78 is 5.34. The highest BCUT2D eigenvalue weighted by molar-refractivity contribution is 6.02. The second-order valence-electron chi connectivity index (χ2n) is 4.68. The highest BCUT2D eigenvalue weighted by atomic mass is 16.5. The van der Waals surface area contributed by atoms with Gasteiger partial charge in [-0.25, -0.2) is 4.79 Å². The van der Waals surface area contributed by atoms with E-state index in [0.29, 0.717) is 0 Å². The molecule has 0 aromatic heterocycles. The Kier molecular flexibility index (Phi) is 2.26. The van der Waals surface area contributed by atoms with Gasteiger partial charge in [-0.2, -0.15) is 0 Å². The molecule has 4 heteroatoms. The fraction of sp³-hybridized carbons (Fsp3) is 0.286. The molecule has 0 N–H and O–H groups in total. The monoisotopic (exact) mass is 243 g/mol. The largest absolute Gasteiger partial charge is 0.453 e. The number of hydrogen-bond donors (Lipinski definition) is 0. The Bertz CT molecular complexity index is 576. The number of benzene rings is 1. The number of hydrogen-bond acceptors (Lipinski definition) is 3. The number of rotatable bonds is 0. The quantitative estimate of drug-likeness (QED) is 0.653. The van der Waals surface area contributed by atoms with E-state index >= 15 is 0 Å². The molecule has 0 saturated carbocycles. The van der Waals surface area contributed by atoms with Gasteiger partial charge in [-0.05, 0) is 18.6 Å². The summed E-state index contributed by atoms with van der Waals surface area (Å²) in [5.74, 6) is -0.788. The molecule has 0 fully saturated rings. The molecule has 0 spiro atoms. The molecule has 92 valence electrons. The predicted molar refractivity (Wildman–Crippen MR) is 65.9 cm³/mol. The van der Waals surface area contributed by atoms with Crippen molar-refractivity contribution in [3.8, 4) is 0 Å². The zero-order valence-corrected chi connectivity index (χ0v) is 10.2. The number of anilines is 1. The van der Waals surface area contributed by atoms with E-state index in [2.05, 4.69) is 0 Å². The van der Waals surface area contributed by atoms with Gasteiger partial charge in [-0.15, -0.1) is 0 Å². The molecule has 1 aromatic rings. The van der Waals surface area contributed by atoms with Crippen LogP contribution >= 0.6 is 0 Å². The molecule has 2 heterocycles. The molecule has 0 bridgehead atoms. The average Bonchev–Trinajstić information content (AvgIpc) is 2.35. The Hall–Kier alpha value is -2.10. The van der Waals surface area contributed by atoms with Gasteiger partial charge in [-0.3, -0.25) is 4.79 Å². The van der Waals surface area contributed by atoms with Crippen LogP contribution < -0.4 is 4.90 Å². The average molecular weight is 243 g/mol. The minimum absolute atomic E-state index is 0.0278. The van der Waals surface area contributed by atoms with Crippen molar-refractivity contribution in [2.75, 3.05) is 11.9 Å². The first-order valence-electron chi connectivity index (χ1n) is 5.85. The van der Waals surface area contributed by atoms with E-state index in [0.717, 1.165) is 16.8 Å². The van der Waals surface area contributed by atoms with Crippen LogP contribution in [0.1, 0.15) is 18.6 Å². The summed E-state index contributed by atoms with van der Waals surface area (Å²) in [7, 11) is 1.75. The van der Waals surface area contributed by atoms with Crippen molar-refractivity contribution in [3.05, 3.63) is 41.5 Å². The molecular weight excluding hydrogens is 230 g/mol. The maximum Gasteiger partial charge on any atom is 0.331 e. The van der Waals surface area contributed by atoms with E-state index in [4.69, 9.17) is 4.74 Å². The summed E-state index contributed by atoms with van der Waals surface area (Å²) in [6.45, 7) is 1.80. The number of carbonyl (C=O) groups excluding carboxylic acids is 2. The zero-order chi connectivity index (χ0) is 12.9. The topological polar surface area (TPSA) is 46.6 Å². The Morgan fingerprint density at radius 2 is 1.94 bits per heavy atom. The lowest BCUT2D eigenvalue weighted by Gasteiger charge is -2.39. The third kappa shape index (κ3) is 1.38. The van der Waals surface area contributed by atoms with E-state index in [-0.39, 0.29) is 17.8 Å². The van der Waals surface area contributed by atoms with Gasteiger partial charge in [0.15, 0.2) is 0 Å². The molecule has 2 aliphatic heterocycles. The number of amides is 1. The molecule has 0 aliphatic carbocycles. The number of fused-ring (bicyclic) bond motifs is 3. The lowest BCUT2D eigenvalue weighted by molar-refractivity contribution is -0.150. The summed E-state index contributed by atoms with van der Waals surface area (Å²) in [6.07, 6.45) is 0.920. The third-order valence-corrected chi connectivity index (χ3v) is 3.58. The Balaban J connectivity index is 2.20. The van der Waals surface area contributed by atoms with E-state index in [1.807, 2.05) is 24.3 Å². The van der Waals surface area contributed by atoms with Crippen LogP contribution in [0.4, 0.5) is 5.69 Å². The third-order valence-electron chi connectivity index (χ3n) is 3.58. The number of para-hydroxylation sites is 1. The lowest BCUT2D eigenvalue weighted by Crippen LogP contribution is -2.44. The van der Waals surface area contributed by atoms with Crippen molar-refractivity contribution in [1.29, 1.82) is 0 Å². The van der Waals surface area contributed by atoms with Gasteiger partial charge in [0.1, 0.15) is 12.0 Å². The Morgan fingerprint density at radius 1 is 1.22 bits per heavy atom. The molecule has 2 atom stereocenters. The summed E-state index contributed by atoms with van der Waals surface area (Å²) in [6, 6.07) is 7.53. The Labute approximate surface area is 105 Å². The summed E-state index contributed by atoms with van der Waals surface area (Å²) in [4.78, 5) is 25.5. The van der Waals surface area contributed by atoms with Crippen LogP contribution in [0.5, 0.6) is 0 Å². The summed E-state index contributed by atoms with van der Waals surface area (Å²) in [5.41, 5.74) is 2.47. The molecule has 1 aromatic carbocycles. The first kappa shape index (κ1) is 11.0. The number of nitrogens with zero attached hydrogens (tertiary/aromatic N) is 1. The number of esters is 1. The van der Waals surface area contributed by atoms with E-state index < -0.39 is 6.10 Å². The van der Waals surface area contributed by atoms with Gasteiger partial charge in [0.05, 0.1) is 5.69 Å². The van der Waals surface area contributed by atoms with Crippen molar-refractivity contribution in [3.63, 3.8) is 0 Å².